The zero-order valence-electron chi connectivity index (χ0n) is 19.6. The lowest BCUT2D eigenvalue weighted by Crippen LogP contribution is -2.26. The van der Waals surface area contributed by atoms with E-state index in [2.05, 4.69) is 16.8 Å². The lowest BCUT2D eigenvalue weighted by Gasteiger charge is -2.25. The average Bonchev–Trinajstić information content (AvgIpc) is 3.15. The van der Waals surface area contributed by atoms with E-state index >= 15 is 0 Å². The number of methoxy groups -OCH3 is 3. The van der Waals surface area contributed by atoms with E-state index in [-0.39, 0.29) is 11.6 Å². The first-order valence-electron chi connectivity index (χ1n) is 10.9. The predicted octanol–water partition coefficient (Wildman–Crippen LogP) is 4.33. The van der Waals surface area contributed by atoms with E-state index in [1.165, 1.54) is 10.4 Å². The zero-order valence-corrected chi connectivity index (χ0v) is 20.4. The summed E-state index contributed by atoms with van der Waals surface area (Å²) in [6.07, 6.45) is 3.14. The van der Waals surface area contributed by atoms with Crippen LogP contribution in [0.25, 0.3) is 10.2 Å². The molecule has 1 aromatic carbocycles. The number of nitrogens with zero attached hydrogens (tertiary/aromatic N) is 2. The highest BCUT2D eigenvalue weighted by molar-refractivity contribution is 7.18. The molecule has 172 valence electrons. The maximum atomic E-state index is 13.0. The van der Waals surface area contributed by atoms with E-state index in [1.807, 2.05) is 26.1 Å². The van der Waals surface area contributed by atoms with Gasteiger partial charge in [0.25, 0.3) is 5.56 Å². The molecule has 7 nitrogen and oxygen atoms in total. The molecule has 1 aliphatic carbocycles. The minimum atomic E-state index is -0.0945. The Morgan fingerprint density at radius 2 is 1.97 bits per heavy atom. The van der Waals surface area contributed by atoms with Gasteiger partial charge in [-0.25, -0.2) is 4.98 Å². The Morgan fingerprint density at radius 1 is 1.22 bits per heavy atom. The van der Waals surface area contributed by atoms with Crippen molar-refractivity contribution >= 4 is 21.6 Å². The molecule has 2 atom stereocenters. The van der Waals surface area contributed by atoms with Gasteiger partial charge in [-0.05, 0) is 50.8 Å². The van der Waals surface area contributed by atoms with Crippen LogP contribution in [0, 0.1) is 5.92 Å². The molecule has 0 fully saturated rings. The number of aryl methyl sites for hydroxylation is 1. The maximum absolute atomic E-state index is 13.0. The van der Waals surface area contributed by atoms with E-state index in [4.69, 9.17) is 19.2 Å². The number of benzene rings is 1. The summed E-state index contributed by atoms with van der Waals surface area (Å²) in [5.74, 6) is 3.17. The number of fused-ring (bicyclic) bond motifs is 3. The molecule has 0 bridgehead atoms. The summed E-state index contributed by atoms with van der Waals surface area (Å²) in [5.41, 5.74) is 2.14. The monoisotopic (exact) mass is 457 g/mol. The first-order chi connectivity index (χ1) is 15.4. The molecule has 0 saturated heterocycles. The molecular weight excluding hydrogens is 426 g/mol. The van der Waals surface area contributed by atoms with Gasteiger partial charge in [-0.3, -0.25) is 9.69 Å². The minimum Gasteiger partial charge on any atom is -0.493 e. The molecule has 3 aromatic rings. The molecule has 1 N–H and O–H groups in total. The van der Waals surface area contributed by atoms with Gasteiger partial charge < -0.3 is 19.2 Å². The van der Waals surface area contributed by atoms with Crippen LogP contribution in [-0.4, -0.2) is 43.2 Å². The molecule has 0 aliphatic heterocycles. The molecular formula is C24H31N3O4S. The van der Waals surface area contributed by atoms with Gasteiger partial charge in [0.1, 0.15) is 10.7 Å². The normalized spacial score (nSPS) is 16.8. The second kappa shape index (κ2) is 9.11. The van der Waals surface area contributed by atoms with Crippen molar-refractivity contribution in [1.29, 1.82) is 0 Å². The predicted molar refractivity (Wildman–Crippen MR) is 127 cm³/mol. The van der Waals surface area contributed by atoms with Crippen LogP contribution in [0.1, 0.15) is 48.1 Å². The number of aromatic amines is 1. The fraction of sp³-hybridized carbons (Fsp3) is 0.500. The summed E-state index contributed by atoms with van der Waals surface area (Å²) in [4.78, 5) is 25.2. The smallest absolute Gasteiger partial charge is 0.259 e. The van der Waals surface area contributed by atoms with Gasteiger partial charge in [0.15, 0.2) is 11.5 Å². The van der Waals surface area contributed by atoms with Gasteiger partial charge in [-0.2, -0.15) is 0 Å². The SMILES string of the molecule is COc1ccc(CN(C)[C@H](C)c2nc3sc4c(c3c(=O)[nH]2)CC[C@H](C)C4)c(OC)c1OC. The molecule has 0 amide bonds. The maximum Gasteiger partial charge on any atom is 0.259 e. The minimum absolute atomic E-state index is 0.0269. The van der Waals surface area contributed by atoms with Crippen molar-refractivity contribution in [1.82, 2.24) is 14.9 Å². The van der Waals surface area contributed by atoms with Crippen molar-refractivity contribution in [2.75, 3.05) is 28.4 Å². The van der Waals surface area contributed by atoms with Crippen LogP contribution in [0.3, 0.4) is 0 Å². The van der Waals surface area contributed by atoms with Gasteiger partial charge in [-0.15, -0.1) is 11.3 Å². The molecule has 32 heavy (non-hydrogen) atoms. The third kappa shape index (κ3) is 3.97. The number of rotatable bonds is 7. The van der Waals surface area contributed by atoms with E-state index in [1.54, 1.807) is 32.7 Å². The van der Waals surface area contributed by atoms with Crippen molar-refractivity contribution in [2.45, 2.75) is 45.7 Å². The van der Waals surface area contributed by atoms with Gasteiger partial charge in [0.05, 0.1) is 32.8 Å². The molecule has 8 heteroatoms. The summed E-state index contributed by atoms with van der Waals surface area (Å²) < 4.78 is 16.5. The topological polar surface area (TPSA) is 76.7 Å². The number of aromatic nitrogens is 2. The Hall–Kier alpha value is -2.58. The van der Waals surface area contributed by atoms with E-state index in [0.29, 0.717) is 35.5 Å². The third-order valence-electron chi connectivity index (χ3n) is 6.45. The van der Waals surface area contributed by atoms with Crippen LogP contribution < -0.4 is 19.8 Å². The van der Waals surface area contributed by atoms with Crippen molar-refractivity contribution in [3.05, 3.63) is 44.3 Å². The quantitative estimate of drug-likeness (QED) is 0.569. The molecule has 1 aliphatic rings. The summed E-state index contributed by atoms with van der Waals surface area (Å²) in [7, 11) is 6.83. The molecule has 0 radical (unpaired) electrons. The third-order valence-corrected chi connectivity index (χ3v) is 7.59. The Bertz CT molecular complexity index is 1190. The largest absolute Gasteiger partial charge is 0.493 e. The Balaban J connectivity index is 1.64. The number of nitrogens with one attached hydrogen (secondary N) is 1. The number of H-pyrrole nitrogens is 1. The highest BCUT2D eigenvalue weighted by Crippen LogP contribution is 2.41. The van der Waals surface area contributed by atoms with Crippen LogP contribution in [-0.2, 0) is 19.4 Å². The summed E-state index contributed by atoms with van der Waals surface area (Å²) in [6, 6.07) is 3.75. The summed E-state index contributed by atoms with van der Waals surface area (Å²) >= 11 is 1.68. The molecule has 0 saturated carbocycles. The number of hydrogen-bond donors (Lipinski definition) is 1. The highest BCUT2D eigenvalue weighted by Gasteiger charge is 2.25. The van der Waals surface area contributed by atoms with Crippen molar-refractivity contribution in [2.24, 2.45) is 5.92 Å². The molecule has 2 heterocycles. The van der Waals surface area contributed by atoms with Gasteiger partial charge in [0.2, 0.25) is 5.75 Å². The van der Waals surface area contributed by atoms with Crippen LogP contribution in [0.4, 0.5) is 0 Å². The number of ether oxygens (including phenoxy) is 3. The van der Waals surface area contributed by atoms with Gasteiger partial charge in [0, 0.05) is 17.0 Å². The van der Waals surface area contributed by atoms with E-state index < -0.39 is 0 Å². The summed E-state index contributed by atoms with van der Waals surface area (Å²) in [6.45, 7) is 4.91. The van der Waals surface area contributed by atoms with Crippen LogP contribution >= 0.6 is 11.3 Å². The second-order valence-corrected chi connectivity index (χ2v) is 9.65. The Kier molecular flexibility index (Phi) is 6.44. The van der Waals surface area contributed by atoms with E-state index in [9.17, 15) is 4.79 Å². The van der Waals surface area contributed by atoms with Crippen molar-refractivity contribution < 1.29 is 14.2 Å². The highest BCUT2D eigenvalue weighted by atomic mass is 32.1. The van der Waals surface area contributed by atoms with Gasteiger partial charge >= 0.3 is 0 Å². The lowest BCUT2D eigenvalue weighted by atomic mass is 9.89. The first-order valence-corrected chi connectivity index (χ1v) is 11.7. The Morgan fingerprint density at radius 3 is 2.66 bits per heavy atom. The molecule has 2 aromatic heterocycles. The molecule has 0 unspecified atom stereocenters. The standard InChI is InChI=1S/C24H31N3O4S/c1-13-7-9-16-18(11-13)32-24-19(16)23(28)25-22(26-24)14(2)27(3)12-15-8-10-17(29-4)21(31-6)20(15)30-5/h8,10,13-14H,7,9,11-12H2,1-6H3,(H,25,26,28)/t13-,14+/m0/s1. The number of hydrogen-bond acceptors (Lipinski definition) is 7. The molecule has 0 spiro atoms. The summed E-state index contributed by atoms with van der Waals surface area (Å²) in [5, 5.41) is 0.789. The van der Waals surface area contributed by atoms with Crippen LogP contribution in [0.15, 0.2) is 16.9 Å². The molecule has 4 rings (SSSR count). The van der Waals surface area contributed by atoms with Crippen LogP contribution in [0.5, 0.6) is 17.2 Å². The zero-order chi connectivity index (χ0) is 23.0. The number of thiophene rings is 1. The van der Waals surface area contributed by atoms with Crippen LogP contribution in [0.2, 0.25) is 0 Å². The Labute approximate surface area is 192 Å². The second-order valence-electron chi connectivity index (χ2n) is 8.57. The average molecular weight is 458 g/mol. The van der Waals surface area contributed by atoms with Crippen molar-refractivity contribution in [3.8, 4) is 17.2 Å². The lowest BCUT2D eigenvalue weighted by molar-refractivity contribution is 0.238. The van der Waals surface area contributed by atoms with E-state index in [0.717, 1.165) is 35.0 Å². The fourth-order valence-electron chi connectivity index (χ4n) is 4.47. The fourth-order valence-corrected chi connectivity index (χ4v) is 5.86. The van der Waals surface area contributed by atoms with Crippen molar-refractivity contribution in [3.63, 3.8) is 0 Å². The van der Waals surface area contributed by atoms with Gasteiger partial charge in [-0.1, -0.05) is 13.0 Å². The first kappa shape index (κ1) is 22.6.